The van der Waals surface area contributed by atoms with Crippen LogP contribution in [-0.2, 0) is 4.79 Å². The number of hydrogen-bond acceptors (Lipinski definition) is 4. The van der Waals surface area contributed by atoms with Crippen molar-refractivity contribution in [2.45, 2.75) is 46.6 Å². The van der Waals surface area contributed by atoms with Crippen LogP contribution in [0.25, 0.3) is 0 Å². The Morgan fingerprint density at radius 3 is 2.55 bits per heavy atom. The molecule has 0 spiro atoms. The molecule has 0 bridgehead atoms. The number of amides is 2. The fourth-order valence-electron chi connectivity index (χ4n) is 1.93. The van der Waals surface area contributed by atoms with E-state index in [4.69, 9.17) is 0 Å². The maximum atomic E-state index is 12.5. The molecule has 22 heavy (non-hydrogen) atoms. The molecule has 1 atom stereocenters. The van der Waals surface area contributed by atoms with Crippen LogP contribution in [0.3, 0.4) is 0 Å². The molecule has 1 rings (SSSR count). The Hall–Kier alpha value is -1.98. The Morgan fingerprint density at radius 1 is 1.27 bits per heavy atom. The molecular formula is C16H26N4O2. The van der Waals surface area contributed by atoms with E-state index < -0.39 is 0 Å². The lowest BCUT2D eigenvalue weighted by Gasteiger charge is -2.28. The average molecular weight is 306 g/mol. The Bertz CT molecular complexity index is 476. The fourth-order valence-corrected chi connectivity index (χ4v) is 1.93. The SMILES string of the molecule is CCC(C)N(CCC(=O)NCC(C)C)C(=O)c1cnccn1. The number of hydrogen-bond donors (Lipinski definition) is 1. The summed E-state index contributed by atoms with van der Waals surface area (Å²) < 4.78 is 0. The van der Waals surface area contributed by atoms with E-state index in [0.717, 1.165) is 6.42 Å². The molecule has 122 valence electrons. The molecule has 0 aliphatic heterocycles. The number of rotatable bonds is 8. The zero-order valence-electron chi connectivity index (χ0n) is 13.9. The van der Waals surface area contributed by atoms with Gasteiger partial charge in [-0.25, -0.2) is 4.98 Å². The van der Waals surface area contributed by atoms with Crippen molar-refractivity contribution < 1.29 is 9.59 Å². The molecule has 1 aromatic rings. The van der Waals surface area contributed by atoms with E-state index in [1.54, 1.807) is 4.90 Å². The van der Waals surface area contributed by atoms with Gasteiger partial charge in [0.2, 0.25) is 5.91 Å². The Balaban J connectivity index is 2.66. The quantitative estimate of drug-likeness (QED) is 0.795. The Morgan fingerprint density at radius 2 is 2.00 bits per heavy atom. The summed E-state index contributed by atoms with van der Waals surface area (Å²) in [6, 6.07) is 0.0485. The molecule has 6 nitrogen and oxygen atoms in total. The third kappa shape index (κ3) is 5.79. The molecule has 1 N–H and O–H groups in total. The first-order valence-electron chi connectivity index (χ1n) is 7.79. The highest BCUT2D eigenvalue weighted by Gasteiger charge is 2.22. The van der Waals surface area contributed by atoms with Gasteiger partial charge in [0.1, 0.15) is 5.69 Å². The van der Waals surface area contributed by atoms with Gasteiger partial charge in [-0.05, 0) is 19.3 Å². The van der Waals surface area contributed by atoms with Crippen molar-refractivity contribution in [1.82, 2.24) is 20.2 Å². The molecule has 0 fully saturated rings. The van der Waals surface area contributed by atoms with E-state index in [1.165, 1.54) is 18.6 Å². The Labute approximate surface area is 132 Å². The molecule has 0 aliphatic carbocycles. The van der Waals surface area contributed by atoms with E-state index in [0.29, 0.717) is 31.1 Å². The van der Waals surface area contributed by atoms with Gasteiger partial charge in [-0.2, -0.15) is 0 Å². The van der Waals surface area contributed by atoms with E-state index in [9.17, 15) is 9.59 Å². The van der Waals surface area contributed by atoms with Crippen LogP contribution in [0.2, 0.25) is 0 Å². The van der Waals surface area contributed by atoms with Gasteiger partial charge in [0.15, 0.2) is 0 Å². The molecule has 6 heteroatoms. The van der Waals surface area contributed by atoms with Gasteiger partial charge in [0.05, 0.1) is 6.20 Å². The zero-order chi connectivity index (χ0) is 16.5. The molecular weight excluding hydrogens is 280 g/mol. The predicted molar refractivity (Wildman–Crippen MR) is 85.3 cm³/mol. The monoisotopic (exact) mass is 306 g/mol. The third-order valence-electron chi connectivity index (χ3n) is 3.45. The van der Waals surface area contributed by atoms with Crippen LogP contribution in [0.15, 0.2) is 18.6 Å². The van der Waals surface area contributed by atoms with Crippen LogP contribution in [0.4, 0.5) is 0 Å². The van der Waals surface area contributed by atoms with Crippen LogP contribution < -0.4 is 5.32 Å². The summed E-state index contributed by atoms with van der Waals surface area (Å²) in [5, 5.41) is 2.87. The largest absolute Gasteiger partial charge is 0.356 e. The zero-order valence-corrected chi connectivity index (χ0v) is 13.9. The maximum absolute atomic E-state index is 12.5. The minimum absolute atomic E-state index is 0.0334. The first-order valence-corrected chi connectivity index (χ1v) is 7.79. The summed E-state index contributed by atoms with van der Waals surface area (Å²) in [5.74, 6) is 0.198. The summed E-state index contributed by atoms with van der Waals surface area (Å²) >= 11 is 0. The Kier molecular flexibility index (Phi) is 7.49. The minimum atomic E-state index is -0.181. The van der Waals surface area contributed by atoms with Gasteiger partial charge in [-0.3, -0.25) is 14.6 Å². The first kappa shape index (κ1) is 18.1. The van der Waals surface area contributed by atoms with E-state index >= 15 is 0 Å². The molecule has 0 aliphatic rings. The van der Waals surface area contributed by atoms with Gasteiger partial charge in [-0.1, -0.05) is 20.8 Å². The van der Waals surface area contributed by atoms with Crippen LogP contribution in [0.1, 0.15) is 51.0 Å². The summed E-state index contributed by atoms with van der Waals surface area (Å²) in [5.41, 5.74) is 0.311. The van der Waals surface area contributed by atoms with Crippen LogP contribution in [-0.4, -0.2) is 45.8 Å². The van der Waals surface area contributed by atoms with Crippen LogP contribution in [0.5, 0.6) is 0 Å². The van der Waals surface area contributed by atoms with Crippen molar-refractivity contribution in [1.29, 1.82) is 0 Å². The number of carbonyl (C=O) groups excluding carboxylic acids is 2. The molecule has 0 saturated carbocycles. The topological polar surface area (TPSA) is 75.2 Å². The number of nitrogens with one attached hydrogen (secondary N) is 1. The second kappa shape index (κ2) is 9.12. The predicted octanol–water partition coefficient (Wildman–Crippen LogP) is 1.88. The summed E-state index contributed by atoms with van der Waals surface area (Å²) in [7, 11) is 0. The standard InChI is InChI=1S/C16H26N4O2/c1-5-13(4)20(9-6-15(21)19-10-12(2)3)16(22)14-11-17-7-8-18-14/h7-8,11-13H,5-6,9-10H2,1-4H3,(H,19,21). The summed E-state index contributed by atoms with van der Waals surface area (Å²) in [6.45, 7) is 9.11. The highest BCUT2D eigenvalue weighted by molar-refractivity contribution is 5.92. The van der Waals surface area contributed by atoms with Crippen molar-refractivity contribution in [3.8, 4) is 0 Å². The molecule has 1 unspecified atom stereocenters. The molecule has 0 radical (unpaired) electrons. The fraction of sp³-hybridized carbons (Fsp3) is 0.625. The van der Waals surface area contributed by atoms with Crippen molar-refractivity contribution in [2.24, 2.45) is 5.92 Å². The molecule has 2 amide bonds. The van der Waals surface area contributed by atoms with Crippen LogP contribution in [0, 0.1) is 5.92 Å². The highest BCUT2D eigenvalue weighted by Crippen LogP contribution is 2.09. The van der Waals surface area contributed by atoms with Crippen molar-refractivity contribution in [3.05, 3.63) is 24.3 Å². The normalized spacial score (nSPS) is 12.0. The lowest BCUT2D eigenvalue weighted by atomic mass is 10.2. The van der Waals surface area contributed by atoms with Gasteiger partial charge >= 0.3 is 0 Å². The third-order valence-corrected chi connectivity index (χ3v) is 3.45. The average Bonchev–Trinajstić information content (AvgIpc) is 2.53. The molecule has 1 heterocycles. The van der Waals surface area contributed by atoms with E-state index in [2.05, 4.69) is 15.3 Å². The van der Waals surface area contributed by atoms with Gasteiger partial charge in [0.25, 0.3) is 5.91 Å². The first-order chi connectivity index (χ1) is 10.5. The van der Waals surface area contributed by atoms with Crippen molar-refractivity contribution >= 4 is 11.8 Å². The lowest BCUT2D eigenvalue weighted by Crippen LogP contribution is -2.41. The smallest absolute Gasteiger partial charge is 0.274 e. The molecule has 0 aromatic carbocycles. The van der Waals surface area contributed by atoms with Crippen molar-refractivity contribution in [3.63, 3.8) is 0 Å². The lowest BCUT2D eigenvalue weighted by molar-refractivity contribution is -0.121. The number of nitrogens with zero attached hydrogens (tertiary/aromatic N) is 3. The molecule has 0 saturated heterocycles. The summed E-state index contributed by atoms with van der Waals surface area (Å²) in [4.78, 5) is 34.0. The number of carbonyl (C=O) groups is 2. The second-order valence-corrected chi connectivity index (χ2v) is 5.79. The highest BCUT2D eigenvalue weighted by atomic mass is 16.2. The van der Waals surface area contributed by atoms with Crippen molar-refractivity contribution in [2.75, 3.05) is 13.1 Å². The van der Waals surface area contributed by atoms with E-state index in [-0.39, 0.29) is 17.9 Å². The minimum Gasteiger partial charge on any atom is -0.356 e. The van der Waals surface area contributed by atoms with Gasteiger partial charge in [-0.15, -0.1) is 0 Å². The van der Waals surface area contributed by atoms with Gasteiger partial charge < -0.3 is 10.2 Å². The molecule has 1 aromatic heterocycles. The number of aromatic nitrogens is 2. The van der Waals surface area contributed by atoms with Gasteiger partial charge in [0, 0.05) is 37.9 Å². The van der Waals surface area contributed by atoms with Crippen LogP contribution >= 0.6 is 0 Å². The second-order valence-electron chi connectivity index (χ2n) is 5.79. The maximum Gasteiger partial charge on any atom is 0.274 e. The summed E-state index contributed by atoms with van der Waals surface area (Å²) in [6.07, 6.45) is 5.60. The van der Waals surface area contributed by atoms with E-state index in [1.807, 2.05) is 27.7 Å².